The molecule has 0 aliphatic rings. The molecule has 0 unspecified atom stereocenters. The Labute approximate surface area is 82.5 Å². The molecule has 0 atom stereocenters. The molecule has 0 aromatic carbocycles. The summed E-state index contributed by atoms with van der Waals surface area (Å²) in [4.78, 5) is 4.19. The van der Waals surface area contributed by atoms with Crippen molar-refractivity contribution in [2.24, 2.45) is 0 Å². The third kappa shape index (κ3) is 3.46. The number of thioether (sulfide) groups is 1. The molecule has 12 heavy (non-hydrogen) atoms. The molecule has 66 valence electrons. The summed E-state index contributed by atoms with van der Waals surface area (Å²) < 4.78 is 0. The van der Waals surface area contributed by atoms with Crippen LogP contribution < -0.4 is 0 Å². The molecule has 0 fully saturated rings. The lowest BCUT2D eigenvalue weighted by Gasteiger charge is -2.03. The highest BCUT2D eigenvalue weighted by molar-refractivity contribution is 7.99. The average molecular weight is 202 g/mol. The van der Waals surface area contributed by atoms with E-state index in [1.165, 1.54) is 0 Å². The second kappa shape index (κ2) is 4.73. The zero-order chi connectivity index (χ0) is 8.97. The lowest BCUT2D eigenvalue weighted by atomic mass is 10.4. The van der Waals surface area contributed by atoms with E-state index in [1.807, 2.05) is 23.9 Å². The Kier molecular flexibility index (Phi) is 3.89. The van der Waals surface area contributed by atoms with E-state index >= 15 is 0 Å². The number of hydrogen-bond acceptors (Lipinski definition) is 2. The van der Waals surface area contributed by atoms with E-state index in [4.69, 9.17) is 11.6 Å². The molecule has 0 amide bonds. The summed E-state index contributed by atoms with van der Waals surface area (Å²) in [5.41, 5.74) is 1.06. The maximum Gasteiger partial charge on any atom is 0.129 e. The van der Waals surface area contributed by atoms with Crippen LogP contribution in [-0.4, -0.2) is 10.2 Å². The van der Waals surface area contributed by atoms with Gasteiger partial charge in [0.15, 0.2) is 0 Å². The summed E-state index contributed by atoms with van der Waals surface area (Å²) in [6, 6.07) is 5.73. The Morgan fingerprint density at radius 3 is 2.83 bits per heavy atom. The fraction of sp³-hybridized carbons (Fsp3) is 0.444. The third-order valence-corrected chi connectivity index (χ3v) is 2.68. The molecule has 0 bridgehead atoms. The Hall–Kier alpha value is -0.210. The van der Waals surface area contributed by atoms with Crippen molar-refractivity contribution in [1.29, 1.82) is 0 Å². The Morgan fingerprint density at radius 1 is 1.50 bits per heavy atom. The van der Waals surface area contributed by atoms with Crippen LogP contribution in [0.2, 0.25) is 5.15 Å². The van der Waals surface area contributed by atoms with E-state index in [0.717, 1.165) is 11.4 Å². The van der Waals surface area contributed by atoms with Crippen LogP contribution in [0.1, 0.15) is 19.5 Å². The summed E-state index contributed by atoms with van der Waals surface area (Å²) >= 11 is 7.61. The molecule has 3 heteroatoms. The predicted octanol–water partition coefficient (Wildman–Crippen LogP) is 3.38. The Bertz CT molecular complexity index is 250. The van der Waals surface area contributed by atoms with Gasteiger partial charge in [-0.25, -0.2) is 4.98 Å². The van der Waals surface area contributed by atoms with E-state index < -0.39 is 0 Å². The molecule has 1 aromatic heterocycles. The first-order valence-corrected chi connectivity index (χ1v) is 5.34. The van der Waals surface area contributed by atoms with Crippen molar-refractivity contribution in [2.75, 3.05) is 0 Å². The van der Waals surface area contributed by atoms with Crippen LogP contribution in [0.25, 0.3) is 0 Å². The zero-order valence-electron chi connectivity index (χ0n) is 7.25. The van der Waals surface area contributed by atoms with E-state index in [2.05, 4.69) is 18.8 Å². The van der Waals surface area contributed by atoms with Crippen LogP contribution in [0, 0.1) is 0 Å². The average Bonchev–Trinajstić information content (AvgIpc) is 2.01. The zero-order valence-corrected chi connectivity index (χ0v) is 8.82. The number of hydrogen-bond donors (Lipinski definition) is 0. The lowest BCUT2D eigenvalue weighted by Crippen LogP contribution is -1.91. The van der Waals surface area contributed by atoms with Crippen molar-refractivity contribution in [3.8, 4) is 0 Å². The number of halogens is 1. The molecule has 0 radical (unpaired) electrons. The molecule has 0 saturated carbocycles. The van der Waals surface area contributed by atoms with E-state index in [1.54, 1.807) is 6.07 Å². The van der Waals surface area contributed by atoms with E-state index in [0.29, 0.717) is 10.4 Å². The van der Waals surface area contributed by atoms with Gasteiger partial charge < -0.3 is 0 Å². The quantitative estimate of drug-likeness (QED) is 0.696. The van der Waals surface area contributed by atoms with Gasteiger partial charge >= 0.3 is 0 Å². The minimum atomic E-state index is 0.580. The van der Waals surface area contributed by atoms with Crippen molar-refractivity contribution in [2.45, 2.75) is 24.9 Å². The molecule has 1 aromatic rings. The van der Waals surface area contributed by atoms with Crippen LogP contribution in [0.5, 0.6) is 0 Å². The largest absolute Gasteiger partial charge is 0.240 e. The van der Waals surface area contributed by atoms with Gasteiger partial charge in [-0.2, -0.15) is 11.8 Å². The molecule has 0 aliphatic carbocycles. The molecule has 1 nitrogen and oxygen atoms in total. The van der Waals surface area contributed by atoms with Gasteiger partial charge in [0.2, 0.25) is 0 Å². The maximum atomic E-state index is 5.74. The second-order valence-electron chi connectivity index (χ2n) is 2.81. The molecular formula is C9H12ClNS. The summed E-state index contributed by atoms with van der Waals surface area (Å²) in [5, 5.41) is 1.22. The number of rotatable bonds is 3. The third-order valence-electron chi connectivity index (χ3n) is 1.34. The Balaban J connectivity index is 2.52. The topological polar surface area (TPSA) is 12.9 Å². The molecule has 0 spiro atoms. The molecule has 0 N–H and O–H groups in total. The van der Waals surface area contributed by atoms with Crippen LogP contribution in [0.4, 0.5) is 0 Å². The van der Waals surface area contributed by atoms with Gasteiger partial charge in [0.1, 0.15) is 5.15 Å². The number of nitrogens with zero attached hydrogens (tertiary/aromatic N) is 1. The molecule has 1 heterocycles. The monoisotopic (exact) mass is 201 g/mol. The minimum Gasteiger partial charge on any atom is -0.240 e. The summed E-state index contributed by atoms with van der Waals surface area (Å²) in [6.45, 7) is 4.35. The van der Waals surface area contributed by atoms with Gasteiger partial charge in [-0.1, -0.05) is 31.5 Å². The highest BCUT2D eigenvalue weighted by atomic mass is 35.5. The van der Waals surface area contributed by atoms with Gasteiger partial charge in [0.05, 0.1) is 5.69 Å². The lowest BCUT2D eigenvalue weighted by molar-refractivity contribution is 1.09. The van der Waals surface area contributed by atoms with Gasteiger partial charge in [0, 0.05) is 5.75 Å². The highest BCUT2D eigenvalue weighted by Crippen LogP contribution is 2.16. The number of aromatic nitrogens is 1. The summed E-state index contributed by atoms with van der Waals surface area (Å²) in [7, 11) is 0. The van der Waals surface area contributed by atoms with Crippen LogP contribution in [0.3, 0.4) is 0 Å². The fourth-order valence-corrected chi connectivity index (χ4v) is 1.63. The van der Waals surface area contributed by atoms with Crippen molar-refractivity contribution in [3.63, 3.8) is 0 Å². The smallest absolute Gasteiger partial charge is 0.129 e. The van der Waals surface area contributed by atoms with Crippen molar-refractivity contribution in [1.82, 2.24) is 4.98 Å². The van der Waals surface area contributed by atoms with Gasteiger partial charge in [-0.05, 0) is 17.4 Å². The first-order valence-electron chi connectivity index (χ1n) is 3.91. The van der Waals surface area contributed by atoms with Crippen molar-refractivity contribution < 1.29 is 0 Å². The maximum absolute atomic E-state index is 5.74. The highest BCUT2D eigenvalue weighted by Gasteiger charge is 1.98. The van der Waals surface area contributed by atoms with Gasteiger partial charge in [0.25, 0.3) is 0 Å². The molecular weight excluding hydrogens is 190 g/mol. The summed E-state index contributed by atoms with van der Waals surface area (Å²) in [5.74, 6) is 0.943. The Morgan fingerprint density at radius 2 is 2.25 bits per heavy atom. The molecule has 0 aliphatic heterocycles. The second-order valence-corrected chi connectivity index (χ2v) is 4.76. The number of pyridine rings is 1. The van der Waals surface area contributed by atoms with Gasteiger partial charge in [-0.3, -0.25) is 0 Å². The predicted molar refractivity (Wildman–Crippen MR) is 55.7 cm³/mol. The molecule has 0 saturated heterocycles. The fourth-order valence-electron chi connectivity index (χ4n) is 0.783. The summed E-state index contributed by atoms with van der Waals surface area (Å²) in [6.07, 6.45) is 0. The molecule has 1 rings (SSSR count). The van der Waals surface area contributed by atoms with Crippen LogP contribution in [0.15, 0.2) is 18.2 Å². The van der Waals surface area contributed by atoms with Crippen LogP contribution >= 0.6 is 23.4 Å². The first kappa shape index (κ1) is 9.87. The standard InChI is InChI=1S/C9H12ClNS/c1-7(2)12-6-8-4-3-5-9(10)11-8/h3-5,7H,6H2,1-2H3. The van der Waals surface area contributed by atoms with Crippen molar-refractivity contribution >= 4 is 23.4 Å². The normalized spacial score (nSPS) is 10.7. The van der Waals surface area contributed by atoms with Crippen LogP contribution in [-0.2, 0) is 5.75 Å². The SMILES string of the molecule is CC(C)SCc1cccc(Cl)n1. The van der Waals surface area contributed by atoms with E-state index in [-0.39, 0.29) is 0 Å². The van der Waals surface area contributed by atoms with Crippen molar-refractivity contribution in [3.05, 3.63) is 29.0 Å². The van der Waals surface area contributed by atoms with Gasteiger partial charge in [-0.15, -0.1) is 0 Å². The first-order chi connectivity index (χ1) is 5.68. The minimum absolute atomic E-state index is 0.580. The van der Waals surface area contributed by atoms with E-state index in [9.17, 15) is 0 Å².